The Morgan fingerprint density at radius 3 is 2.29 bits per heavy atom. The minimum absolute atomic E-state index is 0.00769. The zero-order valence-electron chi connectivity index (χ0n) is 17.1. The molecule has 2 N–H and O–H groups in total. The third-order valence-corrected chi connectivity index (χ3v) is 9.50. The van der Waals surface area contributed by atoms with E-state index in [1.165, 1.54) is 6.07 Å². The van der Waals surface area contributed by atoms with E-state index in [2.05, 4.69) is 6.58 Å². The van der Waals surface area contributed by atoms with Gasteiger partial charge >= 0.3 is 5.97 Å². The Balaban J connectivity index is 2.34. The zero-order chi connectivity index (χ0) is 22.8. The molecule has 0 atom stereocenters. The van der Waals surface area contributed by atoms with Gasteiger partial charge in [-0.3, -0.25) is 0 Å². The van der Waals surface area contributed by atoms with Crippen molar-refractivity contribution in [3.63, 3.8) is 0 Å². The van der Waals surface area contributed by atoms with E-state index in [0.717, 1.165) is 17.3 Å². The van der Waals surface area contributed by atoms with Crippen molar-refractivity contribution in [3.05, 3.63) is 86.5 Å². The van der Waals surface area contributed by atoms with E-state index < -0.39 is 48.2 Å². The fourth-order valence-electron chi connectivity index (χ4n) is 4.37. The van der Waals surface area contributed by atoms with Crippen LogP contribution in [-0.2, 0) is 0 Å². The Labute approximate surface area is 177 Å². The normalized spacial score (nSPS) is 14.2. The van der Waals surface area contributed by atoms with Crippen LogP contribution in [0, 0.1) is 24.4 Å². The number of fused-ring (bicyclic) bond motifs is 2. The van der Waals surface area contributed by atoms with Crippen molar-refractivity contribution in [2.45, 2.75) is 20.0 Å². The lowest BCUT2D eigenvalue weighted by Gasteiger charge is -2.33. The standard InChI is InChI=1S/C24H19F3O3Si/c1-11-5-7-14-16(9-11)31(3,4)17-10-13(28)6-8-15(17)18(14)19-20(24(29)30)23(27)22(26)12(2)21(19)25/h5-10,28H,1H2,2-4H3,(H,29,30). The maximum absolute atomic E-state index is 15.4. The van der Waals surface area contributed by atoms with Gasteiger partial charge < -0.3 is 10.2 Å². The molecule has 3 aromatic carbocycles. The Bertz CT molecular complexity index is 1410. The van der Waals surface area contributed by atoms with Gasteiger partial charge in [-0.25, -0.2) is 18.0 Å². The van der Waals surface area contributed by atoms with Gasteiger partial charge in [0.25, 0.3) is 0 Å². The number of halogens is 3. The quantitative estimate of drug-likeness (QED) is 0.476. The molecule has 1 aliphatic heterocycles. The highest BCUT2D eigenvalue weighted by Crippen LogP contribution is 2.34. The van der Waals surface area contributed by atoms with Crippen molar-refractivity contribution in [2.75, 3.05) is 0 Å². The molecule has 31 heavy (non-hydrogen) atoms. The van der Waals surface area contributed by atoms with Crippen LogP contribution in [0.4, 0.5) is 13.2 Å². The smallest absolute Gasteiger partial charge is 0.339 e. The number of carboxylic acids is 1. The highest BCUT2D eigenvalue weighted by molar-refractivity contribution is 7.01. The van der Waals surface area contributed by atoms with Gasteiger partial charge in [0.05, 0.1) is 0 Å². The molecule has 0 unspecified atom stereocenters. The number of benzene rings is 3. The molecule has 0 aromatic heterocycles. The molecule has 0 fully saturated rings. The van der Waals surface area contributed by atoms with Crippen LogP contribution in [0.15, 0.2) is 36.4 Å². The first-order valence-corrected chi connectivity index (χ1v) is 12.5. The van der Waals surface area contributed by atoms with Crippen molar-refractivity contribution >= 4 is 36.6 Å². The lowest BCUT2D eigenvalue weighted by molar-refractivity contribution is 0.0689. The molecule has 0 bridgehead atoms. The number of phenolic OH excluding ortho intramolecular Hbond substituents is 1. The van der Waals surface area contributed by atoms with Gasteiger partial charge in [-0.2, -0.15) is 0 Å². The Morgan fingerprint density at radius 2 is 1.65 bits per heavy atom. The van der Waals surface area contributed by atoms with Crippen LogP contribution in [0.5, 0.6) is 5.75 Å². The largest absolute Gasteiger partial charge is 0.508 e. The van der Waals surface area contributed by atoms with Crippen molar-refractivity contribution in [2.24, 2.45) is 0 Å². The second kappa shape index (κ2) is 6.85. The molecule has 158 valence electrons. The summed E-state index contributed by atoms with van der Waals surface area (Å²) in [6.45, 7) is 9.12. The summed E-state index contributed by atoms with van der Waals surface area (Å²) in [5, 5.41) is 22.6. The molecule has 0 radical (unpaired) electrons. The molecule has 0 saturated heterocycles. The summed E-state index contributed by atoms with van der Waals surface area (Å²) in [6.07, 6.45) is 0. The lowest BCUT2D eigenvalue weighted by Crippen LogP contribution is -2.63. The van der Waals surface area contributed by atoms with Crippen molar-refractivity contribution in [1.82, 2.24) is 0 Å². The molecule has 3 nitrogen and oxygen atoms in total. The van der Waals surface area contributed by atoms with Crippen LogP contribution in [0.25, 0.3) is 12.2 Å². The SMILES string of the molecule is C=c1ccc2c(c1)[Si](C)(C)c1cc(O)ccc1C=2c1c(F)c(C)c(F)c(F)c1C(=O)O. The van der Waals surface area contributed by atoms with E-state index in [4.69, 9.17) is 0 Å². The summed E-state index contributed by atoms with van der Waals surface area (Å²) in [4.78, 5) is 11.9. The van der Waals surface area contributed by atoms with E-state index in [0.29, 0.717) is 16.0 Å². The van der Waals surface area contributed by atoms with Gasteiger partial charge in [0, 0.05) is 11.1 Å². The highest BCUT2D eigenvalue weighted by Gasteiger charge is 2.38. The molecule has 7 heteroatoms. The monoisotopic (exact) mass is 440 g/mol. The summed E-state index contributed by atoms with van der Waals surface area (Å²) in [7, 11) is -2.43. The predicted octanol–water partition coefficient (Wildman–Crippen LogP) is 2.61. The molecular formula is C24H19F3O3Si. The number of rotatable bonds is 2. The summed E-state index contributed by atoms with van der Waals surface area (Å²) in [6, 6.07) is 9.82. The molecule has 0 spiro atoms. The second-order valence-corrected chi connectivity index (χ2v) is 12.6. The maximum atomic E-state index is 15.4. The highest BCUT2D eigenvalue weighted by atomic mass is 28.3. The van der Waals surface area contributed by atoms with Gasteiger partial charge in [0.15, 0.2) is 11.6 Å². The third-order valence-electron chi connectivity index (χ3n) is 5.98. The number of phenols is 1. The molecule has 0 saturated carbocycles. The van der Waals surface area contributed by atoms with Crippen molar-refractivity contribution < 1.29 is 28.2 Å². The van der Waals surface area contributed by atoms with Crippen LogP contribution in [0.3, 0.4) is 0 Å². The van der Waals surface area contributed by atoms with E-state index in [1.54, 1.807) is 24.3 Å². The van der Waals surface area contributed by atoms with Gasteiger partial charge in [0.2, 0.25) is 0 Å². The van der Waals surface area contributed by atoms with E-state index in [9.17, 15) is 23.8 Å². The first-order chi connectivity index (χ1) is 14.5. The minimum Gasteiger partial charge on any atom is -0.508 e. The summed E-state index contributed by atoms with van der Waals surface area (Å²) >= 11 is 0. The Kier molecular flexibility index (Phi) is 4.62. The lowest BCUT2D eigenvalue weighted by atomic mass is 9.89. The van der Waals surface area contributed by atoms with Crippen LogP contribution >= 0.6 is 0 Å². The molecule has 4 rings (SSSR count). The van der Waals surface area contributed by atoms with Crippen molar-refractivity contribution in [1.29, 1.82) is 0 Å². The number of carbonyl (C=O) groups is 1. The van der Waals surface area contributed by atoms with Crippen LogP contribution < -0.4 is 20.8 Å². The first-order valence-electron chi connectivity index (χ1n) is 9.55. The number of carboxylic acid groups (broad SMARTS) is 1. The minimum atomic E-state index is -2.43. The average molecular weight is 440 g/mol. The summed E-state index contributed by atoms with van der Waals surface area (Å²) in [5.41, 5.74) is -1.50. The van der Waals surface area contributed by atoms with Gasteiger partial charge in [0.1, 0.15) is 25.2 Å². The molecular weight excluding hydrogens is 421 g/mol. The van der Waals surface area contributed by atoms with E-state index in [1.807, 2.05) is 19.2 Å². The molecule has 0 aliphatic carbocycles. The Hall–Kier alpha value is -3.32. The maximum Gasteiger partial charge on any atom is 0.339 e. The first kappa shape index (κ1) is 20.9. The fourth-order valence-corrected chi connectivity index (χ4v) is 7.48. The van der Waals surface area contributed by atoms with Gasteiger partial charge in [-0.1, -0.05) is 43.9 Å². The molecule has 1 heterocycles. The summed E-state index contributed by atoms with van der Waals surface area (Å²) < 4.78 is 44.5. The average Bonchev–Trinajstić information content (AvgIpc) is 2.70. The number of aromatic hydroxyl groups is 1. The topological polar surface area (TPSA) is 57.5 Å². The van der Waals surface area contributed by atoms with Gasteiger partial charge in [-0.15, -0.1) is 0 Å². The summed E-state index contributed by atoms with van der Waals surface area (Å²) in [5.74, 6) is -6.02. The second-order valence-electron chi connectivity index (χ2n) is 8.23. The number of aromatic carboxylic acids is 1. The van der Waals surface area contributed by atoms with Crippen LogP contribution in [0.2, 0.25) is 13.1 Å². The Morgan fingerprint density at radius 1 is 0.968 bits per heavy atom. The third kappa shape index (κ3) is 2.91. The van der Waals surface area contributed by atoms with Crippen molar-refractivity contribution in [3.8, 4) is 5.75 Å². The van der Waals surface area contributed by atoms with E-state index >= 15 is 4.39 Å². The fraction of sp³-hybridized carbons (Fsp3) is 0.125. The van der Waals surface area contributed by atoms with Gasteiger partial charge in [-0.05, 0) is 51.0 Å². The molecule has 1 aliphatic rings. The van der Waals surface area contributed by atoms with Crippen LogP contribution in [0.1, 0.15) is 27.0 Å². The molecule has 3 aromatic rings. The number of hydrogen-bond acceptors (Lipinski definition) is 2. The zero-order valence-corrected chi connectivity index (χ0v) is 18.1. The number of hydrogen-bond donors (Lipinski definition) is 2. The van der Waals surface area contributed by atoms with E-state index in [-0.39, 0.29) is 11.3 Å². The molecule has 0 amide bonds. The van der Waals surface area contributed by atoms with Crippen LogP contribution in [-0.4, -0.2) is 24.3 Å². The predicted molar refractivity (Wildman–Crippen MR) is 116 cm³/mol.